The summed E-state index contributed by atoms with van der Waals surface area (Å²) in [4.78, 5) is 13.4. The van der Waals surface area contributed by atoms with Crippen molar-refractivity contribution in [2.75, 3.05) is 13.7 Å². The first-order valence-electron chi connectivity index (χ1n) is 6.15. The summed E-state index contributed by atoms with van der Waals surface area (Å²) < 4.78 is 4.71. The second kappa shape index (κ2) is 7.13. The van der Waals surface area contributed by atoms with E-state index in [-0.39, 0.29) is 12.0 Å². The molecule has 1 aromatic rings. The van der Waals surface area contributed by atoms with E-state index in [0.717, 1.165) is 17.7 Å². The smallest absolute Gasteiger partial charge is 0.319 e. The third-order valence-electron chi connectivity index (χ3n) is 2.90. The lowest BCUT2D eigenvalue weighted by molar-refractivity contribution is -0.142. The fourth-order valence-corrected chi connectivity index (χ4v) is 1.74. The lowest BCUT2D eigenvalue weighted by Crippen LogP contribution is -2.35. The average molecular weight is 250 g/mol. The van der Waals surface area contributed by atoms with Crippen molar-refractivity contribution in [2.45, 2.75) is 33.0 Å². The lowest BCUT2D eigenvalue weighted by Gasteiger charge is -2.25. The Hall–Kier alpha value is -1.39. The van der Waals surface area contributed by atoms with E-state index in [2.05, 4.69) is 24.8 Å². The highest BCUT2D eigenvalue weighted by Gasteiger charge is 2.14. The maximum Gasteiger partial charge on any atom is 0.319 e. The van der Waals surface area contributed by atoms with Crippen molar-refractivity contribution in [1.82, 2.24) is 4.90 Å². The Morgan fingerprint density at radius 3 is 2.61 bits per heavy atom. The summed E-state index contributed by atoms with van der Waals surface area (Å²) in [6, 6.07) is 8.40. The highest BCUT2D eigenvalue weighted by Crippen LogP contribution is 2.10. The van der Waals surface area contributed by atoms with Crippen molar-refractivity contribution in [3.8, 4) is 0 Å². The molecule has 0 unspecified atom stereocenters. The van der Waals surface area contributed by atoms with Crippen molar-refractivity contribution in [3.63, 3.8) is 0 Å². The van der Waals surface area contributed by atoms with Crippen LogP contribution < -0.4 is 5.73 Å². The van der Waals surface area contributed by atoms with Gasteiger partial charge in [-0.1, -0.05) is 24.3 Å². The van der Waals surface area contributed by atoms with Crippen LogP contribution in [0.3, 0.4) is 0 Å². The minimum absolute atomic E-state index is 0.210. The molecule has 0 fully saturated rings. The predicted molar refractivity (Wildman–Crippen MR) is 71.9 cm³/mol. The molecule has 0 aliphatic carbocycles. The van der Waals surface area contributed by atoms with E-state index in [1.54, 1.807) is 0 Å². The fraction of sp³-hybridized carbons (Fsp3) is 0.500. The van der Waals surface area contributed by atoms with Gasteiger partial charge in [0.1, 0.15) is 0 Å². The molecule has 18 heavy (non-hydrogen) atoms. The minimum Gasteiger partial charge on any atom is -0.468 e. The number of nitrogens with zero attached hydrogens (tertiary/aromatic N) is 1. The Balaban J connectivity index is 2.73. The monoisotopic (exact) mass is 250 g/mol. The van der Waals surface area contributed by atoms with Gasteiger partial charge in [0.05, 0.1) is 13.7 Å². The van der Waals surface area contributed by atoms with Gasteiger partial charge in [-0.05, 0) is 25.0 Å². The van der Waals surface area contributed by atoms with Crippen LogP contribution in [0.4, 0.5) is 0 Å². The Morgan fingerprint density at radius 2 is 2.06 bits per heavy atom. The van der Waals surface area contributed by atoms with E-state index in [1.165, 1.54) is 7.11 Å². The first-order chi connectivity index (χ1) is 8.56. The summed E-state index contributed by atoms with van der Waals surface area (Å²) in [6.07, 6.45) is 0. The van der Waals surface area contributed by atoms with Gasteiger partial charge < -0.3 is 10.5 Å². The Bertz CT molecular complexity index is 391. The van der Waals surface area contributed by atoms with Crippen LogP contribution >= 0.6 is 0 Å². The minimum atomic E-state index is -0.210. The van der Waals surface area contributed by atoms with Gasteiger partial charge >= 0.3 is 5.97 Å². The van der Waals surface area contributed by atoms with Crippen molar-refractivity contribution in [2.24, 2.45) is 5.73 Å². The van der Waals surface area contributed by atoms with Crippen molar-refractivity contribution >= 4 is 5.97 Å². The largest absolute Gasteiger partial charge is 0.468 e. The number of carbonyl (C=O) groups excluding carboxylic acids is 1. The topological polar surface area (TPSA) is 55.6 Å². The Kier molecular flexibility index (Phi) is 5.82. The molecule has 0 aromatic heterocycles. The van der Waals surface area contributed by atoms with E-state index in [1.807, 2.05) is 18.2 Å². The molecule has 1 aromatic carbocycles. The fourth-order valence-electron chi connectivity index (χ4n) is 1.74. The third-order valence-corrected chi connectivity index (χ3v) is 2.90. The number of hydrogen-bond donors (Lipinski definition) is 1. The van der Waals surface area contributed by atoms with E-state index >= 15 is 0 Å². The number of hydrogen-bond acceptors (Lipinski definition) is 4. The zero-order valence-corrected chi connectivity index (χ0v) is 11.3. The van der Waals surface area contributed by atoms with E-state index in [0.29, 0.717) is 13.1 Å². The normalized spacial score (nSPS) is 11.0. The van der Waals surface area contributed by atoms with Gasteiger partial charge in [0.2, 0.25) is 0 Å². The molecule has 0 radical (unpaired) electrons. The van der Waals surface area contributed by atoms with Crippen LogP contribution in [0.15, 0.2) is 24.3 Å². The molecule has 0 spiro atoms. The van der Waals surface area contributed by atoms with Crippen LogP contribution in [-0.4, -0.2) is 30.6 Å². The van der Waals surface area contributed by atoms with E-state index in [9.17, 15) is 4.79 Å². The number of ether oxygens (including phenoxy) is 1. The number of carbonyl (C=O) groups is 1. The molecule has 0 atom stereocenters. The number of methoxy groups -OCH3 is 1. The molecule has 0 amide bonds. The summed E-state index contributed by atoms with van der Waals surface area (Å²) in [6.45, 7) is 5.69. The van der Waals surface area contributed by atoms with Crippen molar-refractivity contribution < 1.29 is 9.53 Å². The van der Waals surface area contributed by atoms with Gasteiger partial charge in [0.25, 0.3) is 0 Å². The molecule has 1 rings (SSSR count). The maximum absolute atomic E-state index is 11.4. The number of nitrogens with two attached hydrogens (primary N) is 1. The molecular weight excluding hydrogens is 228 g/mol. The number of rotatable bonds is 6. The zero-order chi connectivity index (χ0) is 13.5. The number of esters is 1. The van der Waals surface area contributed by atoms with Crippen LogP contribution in [0.5, 0.6) is 0 Å². The molecule has 100 valence electrons. The van der Waals surface area contributed by atoms with Crippen LogP contribution in [0.25, 0.3) is 0 Å². The second-order valence-electron chi connectivity index (χ2n) is 4.60. The molecule has 0 saturated carbocycles. The third kappa shape index (κ3) is 4.47. The van der Waals surface area contributed by atoms with Gasteiger partial charge in [-0.25, -0.2) is 0 Å². The van der Waals surface area contributed by atoms with E-state index < -0.39 is 0 Å². The molecule has 0 aliphatic heterocycles. The number of benzene rings is 1. The Morgan fingerprint density at radius 1 is 1.39 bits per heavy atom. The molecule has 4 nitrogen and oxygen atoms in total. The first-order valence-corrected chi connectivity index (χ1v) is 6.15. The molecule has 0 bridgehead atoms. The predicted octanol–water partition coefficient (Wildman–Crippen LogP) is 1.53. The first kappa shape index (κ1) is 14.7. The standard InChI is InChI=1S/C14H22N2O2/c1-11(2)16(10-14(17)18-3)9-13-6-4-5-12(7-13)8-15/h4-7,11H,8-10,15H2,1-3H3. The SMILES string of the molecule is COC(=O)CN(Cc1cccc(CN)c1)C(C)C. The van der Waals surface area contributed by atoms with Crippen molar-refractivity contribution in [3.05, 3.63) is 35.4 Å². The summed E-state index contributed by atoms with van der Waals surface area (Å²) in [7, 11) is 1.41. The van der Waals surface area contributed by atoms with Crippen molar-refractivity contribution in [1.29, 1.82) is 0 Å². The highest BCUT2D eigenvalue weighted by molar-refractivity contribution is 5.71. The highest BCUT2D eigenvalue weighted by atomic mass is 16.5. The van der Waals surface area contributed by atoms with Gasteiger partial charge in [0.15, 0.2) is 0 Å². The summed E-state index contributed by atoms with van der Waals surface area (Å²) in [5.74, 6) is -0.210. The molecule has 0 saturated heterocycles. The van der Waals surface area contributed by atoms with Crippen LogP contribution in [0.1, 0.15) is 25.0 Å². The van der Waals surface area contributed by atoms with Gasteiger partial charge in [0, 0.05) is 19.1 Å². The lowest BCUT2D eigenvalue weighted by atomic mass is 10.1. The van der Waals surface area contributed by atoms with Gasteiger partial charge in [-0.2, -0.15) is 0 Å². The molecule has 4 heteroatoms. The molecule has 0 heterocycles. The quantitative estimate of drug-likeness (QED) is 0.778. The van der Waals surface area contributed by atoms with Gasteiger partial charge in [-0.3, -0.25) is 9.69 Å². The van der Waals surface area contributed by atoms with E-state index in [4.69, 9.17) is 10.5 Å². The zero-order valence-electron chi connectivity index (χ0n) is 11.3. The second-order valence-corrected chi connectivity index (χ2v) is 4.60. The molecule has 0 aliphatic rings. The summed E-state index contributed by atoms with van der Waals surface area (Å²) >= 11 is 0. The Labute approximate surface area is 109 Å². The average Bonchev–Trinajstić information content (AvgIpc) is 2.37. The van der Waals surface area contributed by atoms with Gasteiger partial charge in [-0.15, -0.1) is 0 Å². The summed E-state index contributed by atoms with van der Waals surface area (Å²) in [5, 5.41) is 0. The molecular formula is C14H22N2O2. The maximum atomic E-state index is 11.4. The van der Waals surface area contributed by atoms with Crippen LogP contribution in [0, 0.1) is 0 Å². The summed E-state index contributed by atoms with van der Waals surface area (Å²) in [5.41, 5.74) is 7.89. The van der Waals surface area contributed by atoms with Crippen LogP contribution in [0.2, 0.25) is 0 Å². The van der Waals surface area contributed by atoms with Crippen LogP contribution in [-0.2, 0) is 22.6 Å². The molecule has 2 N–H and O–H groups in total.